The molecule has 1 heterocycles. The Morgan fingerprint density at radius 1 is 1.43 bits per heavy atom. The van der Waals surface area contributed by atoms with E-state index in [1.165, 1.54) is 12.1 Å². The van der Waals surface area contributed by atoms with Crippen molar-refractivity contribution in [3.63, 3.8) is 0 Å². The number of ketones is 1. The van der Waals surface area contributed by atoms with Crippen LogP contribution in [-0.4, -0.2) is 11.5 Å². The Kier molecular flexibility index (Phi) is 2.59. The minimum atomic E-state index is -0.304. The zero-order chi connectivity index (χ0) is 10.1. The van der Waals surface area contributed by atoms with Crippen LogP contribution in [-0.2, 0) is 5.75 Å². The molecule has 0 radical (unpaired) electrons. The lowest BCUT2D eigenvalue weighted by Gasteiger charge is -2.07. The third-order valence-electron chi connectivity index (χ3n) is 2.46. The maximum atomic E-state index is 13.1. The van der Waals surface area contributed by atoms with Gasteiger partial charge in [-0.15, -0.1) is 0 Å². The summed E-state index contributed by atoms with van der Waals surface area (Å²) < 4.78 is 13.1. The number of hydrogen-bond acceptors (Lipinski definition) is 2. The van der Waals surface area contributed by atoms with Gasteiger partial charge in [0, 0.05) is 23.5 Å². The van der Waals surface area contributed by atoms with Crippen LogP contribution in [0.3, 0.4) is 0 Å². The highest BCUT2D eigenvalue weighted by atomic mass is 32.2. The van der Waals surface area contributed by atoms with Gasteiger partial charge in [0.25, 0.3) is 0 Å². The molecule has 0 atom stereocenters. The normalized spacial score (nSPS) is 16.3. The molecule has 1 aromatic carbocycles. The van der Waals surface area contributed by atoms with Crippen LogP contribution in [0, 0.1) is 12.7 Å². The molecule has 0 saturated heterocycles. The minimum absolute atomic E-state index is 0.0765. The average molecular weight is 210 g/mol. The molecule has 0 amide bonds. The molecular weight excluding hydrogens is 199 g/mol. The molecule has 1 aliphatic rings. The Labute approximate surface area is 86.7 Å². The Bertz CT molecular complexity index is 387. The van der Waals surface area contributed by atoms with Gasteiger partial charge in [-0.25, -0.2) is 4.39 Å². The van der Waals surface area contributed by atoms with Gasteiger partial charge in [-0.3, -0.25) is 4.79 Å². The molecule has 0 aromatic heterocycles. The molecule has 1 aliphatic heterocycles. The third kappa shape index (κ3) is 1.69. The molecule has 0 fully saturated rings. The van der Waals surface area contributed by atoms with Crippen LogP contribution in [0.5, 0.6) is 0 Å². The van der Waals surface area contributed by atoms with Crippen molar-refractivity contribution in [1.82, 2.24) is 0 Å². The Morgan fingerprint density at radius 2 is 2.21 bits per heavy atom. The van der Waals surface area contributed by atoms with Crippen LogP contribution in [0.1, 0.15) is 27.9 Å². The second-order valence-corrected chi connectivity index (χ2v) is 4.58. The summed E-state index contributed by atoms with van der Waals surface area (Å²) in [4.78, 5) is 11.6. The van der Waals surface area contributed by atoms with Gasteiger partial charge in [-0.1, -0.05) is 0 Å². The van der Waals surface area contributed by atoms with Crippen molar-refractivity contribution in [2.45, 2.75) is 19.1 Å². The number of Topliss-reactive ketones (excluding diaryl/α,β-unsaturated/α-hetero) is 1. The molecule has 0 N–H and O–H groups in total. The molecule has 14 heavy (non-hydrogen) atoms. The number of halogens is 1. The fraction of sp³-hybridized carbons (Fsp3) is 0.364. The van der Waals surface area contributed by atoms with Crippen LogP contribution >= 0.6 is 11.8 Å². The molecule has 0 aliphatic carbocycles. The van der Waals surface area contributed by atoms with E-state index in [2.05, 4.69) is 0 Å². The van der Waals surface area contributed by atoms with Gasteiger partial charge < -0.3 is 0 Å². The van der Waals surface area contributed by atoms with Crippen molar-refractivity contribution in [1.29, 1.82) is 0 Å². The third-order valence-corrected chi connectivity index (χ3v) is 3.44. The predicted octanol–water partition coefficient (Wildman–Crippen LogP) is 2.95. The molecule has 74 valence electrons. The Morgan fingerprint density at radius 3 is 3.00 bits per heavy atom. The van der Waals surface area contributed by atoms with Gasteiger partial charge in [0.1, 0.15) is 5.82 Å². The minimum Gasteiger partial charge on any atom is -0.294 e. The summed E-state index contributed by atoms with van der Waals surface area (Å²) >= 11 is 1.74. The maximum absolute atomic E-state index is 13.1. The highest BCUT2D eigenvalue weighted by Gasteiger charge is 2.18. The highest BCUT2D eigenvalue weighted by Crippen LogP contribution is 2.27. The van der Waals surface area contributed by atoms with E-state index in [9.17, 15) is 9.18 Å². The van der Waals surface area contributed by atoms with Crippen LogP contribution in [0.2, 0.25) is 0 Å². The number of aryl methyl sites for hydroxylation is 1. The van der Waals surface area contributed by atoms with Gasteiger partial charge in [-0.05, 0) is 30.2 Å². The number of fused-ring (bicyclic) bond motifs is 1. The molecule has 0 spiro atoms. The Hall–Kier alpha value is -0.830. The van der Waals surface area contributed by atoms with Gasteiger partial charge in [-0.2, -0.15) is 11.8 Å². The second-order valence-electron chi connectivity index (χ2n) is 3.47. The van der Waals surface area contributed by atoms with Gasteiger partial charge in [0.15, 0.2) is 5.78 Å². The smallest absolute Gasteiger partial charge is 0.164 e. The standard InChI is InChI=1S/C11H11FOS/c1-7-4-8(12)5-9-10(7)6-14-3-2-11(9)13/h4-5H,2-3,6H2,1H3. The Balaban J connectivity index is 2.58. The first kappa shape index (κ1) is 9.71. The molecule has 0 unspecified atom stereocenters. The van der Waals surface area contributed by atoms with Crippen molar-refractivity contribution in [2.24, 2.45) is 0 Å². The summed E-state index contributed by atoms with van der Waals surface area (Å²) in [5, 5.41) is 0. The zero-order valence-corrected chi connectivity index (χ0v) is 8.79. The van der Waals surface area contributed by atoms with E-state index < -0.39 is 0 Å². The molecule has 0 bridgehead atoms. The van der Waals surface area contributed by atoms with Crippen molar-refractivity contribution < 1.29 is 9.18 Å². The molecule has 3 heteroatoms. The molecule has 1 nitrogen and oxygen atoms in total. The molecule has 1 aromatic rings. The number of carbonyl (C=O) groups excluding carboxylic acids is 1. The van der Waals surface area contributed by atoms with E-state index in [0.717, 1.165) is 22.6 Å². The second kappa shape index (κ2) is 3.73. The van der Waals surface area contributed by atoms with Crippen molar-refractivity contribution in [2.75, 3.05) is 5.75 Å². The van der Waals surface area contributed by atoms with Crippen molar-refractivity contribution in [3.05, 3.63) is 34.6 Å². The fourth-order valence-electron chi connectivity index (χ4n) is 1.69. The SMILES string of the molecule is Cc1cc(F)cc2c1CSCCC2=O. The molecule has 2 rings (SSSR count). The van der Waals surface area contributed by atoms with Crippen molar-refractivity contribution in [3.8, 4) is 0 Å². The lowest BCUT2D eigenvalue weighted by atomic mass is 9.99. The van der Waals surface area contributed by atoms with Crippen molar-refractivity contribution >= 4 is 17.5 Å². The van der Waals surface area contributed by atoms with Crippen LogP contribution in [0.25, 0.3) is 0 Å². The van der Waals surface area contributed by atoms with E-state index >= 15 is 0 Å². The number of thioether (sulfide) groups is 1. The highest BCUT2D eigenvalue weighted by molar-refractivity contribution is 7.98. The summed E-state index contributed by atoms with van der Waals surface area (Å²) in [5.41, 5.74) is 2.49. The molecule has 0 saturated carbocycles. The van der Waals surface area contributed by atoms with Crippen LogP contribution < -0.4 is 0 Å². The van der Waals surface area contributed by atoms with E-state index in [0.29, 0.717) is 12.0 Å². The van der Waals surface area contributed by atoms with E-state index in [-0.39, 0.29) is 11.6 Å². The monoisotopic (exact) mass is 210 g/mol. The first-order valence-electron chi connectivity index (χ1n) is 4.58. The molecular formula is C11H11FOS. The van der Waals surface area contributed by atoms with Crippen LogP contribution in [0.15, 0.2) is 12.1 Å². The van der Waals surface area contributed by atoms with E-state index in [1.54, 1.807) is 11.8 Å². The van der Waals surface area contributed by atoms with Gasteiger partial charge >= 0.3 is 0 Å². The summed E-state index contributed by atoms with van der Waals surface area (Å²) in [5.74, 6) is 1.44. The number of hydrogen-bond donors (Lipinski definition) is 0. The summed E-state index contributed by atoms with van der Waals surface area (Å²) in [7, 11) is 0. The lowest BCUT2D eigenvalue weighted by Crippen LogP contribution is -2.03. The van der Waals surface area contributed by atoms with Crippen LogP contribution in [0.4, 0.5) is 4.39 Å². The first-order chi connectivity index (χ1) is 6.68. The van der Waals surface area contributed by atoms with E-state index in [1.807, 2.05) is 6.92 Å². The number of carbonyl (C=O) groups is 1. The lowest BCUT2D eigenvalue weighted by molar-refractivity contribution is 0.0989. The summed E-state index contributed by atoms with van der Waals surface area (Å²) in [6.07, 6.45) is 0.528. The largest absolute Gasteiger partial charge is 0.294 e. The number of rotatable bonds is 0. The quantitative estimate of drug-likeness (QED) is 0.655. The maximum Gasteiger partial charge on any atom is 0.164 e. The first-order valence-corrected chi connectivity index (χ1v) is 5.74. The van der Waals surface area contributed by atoms with Gasteiger partial charge in [0.2, 0.25) is 0 Å². The predicted molar refractivity (Wildman–Crippen MR) is 56.2 cm³/mol. The topological polar surface area (TPSA) is 17.1 Å². The summed E-state index contributed by atoms with van der Waals surface area (Å²) in [6.45, 7) is 1.86. The fourth-order valence-corrected chi connectivity index (χ4v) is 2.75. The number of benzene rings is 1. The van der Waals surface area contributed by atoms with Gasteiger partial charge in [0.05, 0.1) is 0 Å². The summed E-state index contributed by atoms with van der Waals surface area (Å²) in [6, 6.07) is 2.87. The average Bonchev–Trinajstić information content (AvgIpc) is 2.29. The zero-order valence-electron chi connectivity index (χ0n) is 7.97. The van der Waals surface area contributed by atoms with E-state index in [4.69, 9.17) is 0 Å².